The van der Waals surface area contributed by atoms with Crippen molar-refractivity contribution in [3.8, 4) is 0 Å². The number of halogens is 4. The number of fused-ring (bicyclic) bond motifs is 1. The van der Waals surface area contributed by atoms with Gasteiger partial charge in [0.2, 0.25) is 5.91 Å². The van der Waals surface area contributed by atoms with Crippen LogP contribution in [0.4, 0.5) is 18.9 Å². The molecular formula is C21H21ClF3N3O2. The number of nitrogens with one attached hydrogen (secondary N) is 2. The third-order valence-corrected chi connectivity index (χ3v) is 5.17. The lowest BCUT2D eigenvalue weighted by molar-refractivity contribution is -0.137. The number of hydrogen-bond donors (Lipinski definition) is 2. The summed E-state index contributed by atoms with van der Waals surface area (Å²) < 4.78 is 39.1. The predicted octanol–water partition coefficient (Wildman–Crippen LogP) is 3.76. The zero-order valence-corrected chi connectivity index (χ0v) is 17.0. The third-order valence-electron chi connectivity index (χ3n) is 4.84. The molecule has 0 bridgehead atoms. The summed E-state index contributed by atoms with van der Waals surface area (Å²) in [7, 11) is 1.84. The summed E-state index contributed by atoms with van der Waals surface area (Å²) in [5.74, 6) is -0.613. The SMILES string of the molecule is CNCCN1CC(=O)c2c(cccc2NC(=O)Cc2ccc(Cl)c(C(F)(F)F)c2)C1. The molecule has 1 heterocycles. The molecule has 30 heavy (non-hydrogen) atoms. The summed E-state index contributed by atoms with van der Waals surface area (Å²) in [4.78, 5) is 27.1. The van der Waals surface area contributed by atoms with Gasteiger partial charge in [-0.15, -0.1) is 0 Å². The Bertz CT molecular complexity index is 963. The van der Waals surface area contributed by atoms with Crippen LogP contribution in [0.2, 0.25) is 5.02 Å². The van der Waals surface area contributed by atoms with Crippen LogP contribution < -0.4 is 10.6 Å². The molecule has 0 spiro atoms. The molecule has 160 valence electrons. The average molecular weight is 440 g/mol. The van der Waals surface area contributed by atoms with E-state index in [2.05, 4.69) is 10.6 Å². The zero-order valence-electron chi connectivity index (χ0n) is 16.3. The summed E-state index contributed by atoms with van der Waals surface area (Å²) in [6, 6.07) is 8.58. The Morgan fingerprint density at radius 2 is 1.97 bits per heavy atom. The van der Waals surface area contributed by atoms with Gasteiger partial charge in [-0.3, -0.25) is 14.5 Å². The van der Waals surface area contributed by atoms with E-state index >= 15 is 0 Å². The molecule has 0 atom stereocenters. The number of ketones is 1. The lowest BCUT2D eigenvalue weighted by Gasteiger charge is -2.28. The van der Waals surface area contributed by atoms with Gasteiger partial charge < -0.3 is 10.6 Å². The van der Waals surface area contributed by atoms with Crippen molar-refractivity contribution < 1.29 is 22.8 Å². The Hall–Kier alpha value is -2.42. The topological polar surface area (TPSA) is 61.4 Å². The van der Waals surface area contributed by atoms with E-state index < -0.39 is 22.7 Å². The normalized spacial score (nSPS) is 14.5. The van der Waals surface area contributed by atoms with Gasteiger partial charge in [0.1, 0.15) is 0 Å². The number of amides is 1. The van der Waals surface area contributed by atoms with E-state index in [0.717, 1.165) is 30.8 Å². The van der Waals surface area contributed by atoms with E-state index in [1.807, 2.05) is 18.0 Å². The second-order valence-electron chi connectivity index (χ2n) is 7.11. The van der Waals surface area contributed by atoms with Gasteiger partial charge >= 0.3 is 6.18 Å². The number of likely N-dealkylation sites (N-methyl/N-ethyl adjacent to an activating group) is 1. The summed E-state index contributed by atoms with van der Waals surface area (Å²) >= 11 is 5.62. The Morgan fingerprint density at radius 1 is 1.20 bits per heavy atom. The quantitative estimate of drug-likeness (QED) is 0.719. The van der Waals surface area contributed by atoms with E-state index in [1.54, 1.807) is 12.1 Å². The monoisotopic (exact) mass is 439 g/mol. The highest BCUT2D eigenvalue weighted by Crippen LogP contribution is 2.35. The number of anilines is 1. The molecule has 0 fully saturated rings. The van der Waals surface area contributed by atoms with Gasteiger partial charge in [-0.1, -0.05) is 29.8 Å². The number of benzene rings is 2. The number of rotatable bonds is 6. The molecule has 5 nitrogen and oxygen atoms in total. The molecule has 1 aliphatic heterocycles. The van der Waals surface area contributed by atoms with Gasteiger partial charge in [0.15, 0.2) is 5.78 Å². The first-order valence-corrected chi connectivity index (χ1v) is 9.74. The van der Waals surface area contributed by atoms with Crippen molar-refractivity contribution in [1.82, 2.24) is 10.2 Å². The molecular weight excluding hydrogens is 419 g/mol. The van der Waals surface area contributed by atoms with E-state index in [1.165, 1.54) is 6.07 Å². The van der Waals surface area contributed by atoms with Gasteiger partial charge in [-0.2, -0.15) is 13.2 Å². The summed E-state index contributed by atoms with van der Waals surface area (Å²) in [5, 5.41) is 5.30. The van der Waals surface area contributed by atoms with Crippen molar-refractivity contribution in [2.24, 2.45) is 0 Å². The minimum absolute atomic E-state index is 0.103. The van der Waals surface area contributed by atoms with Crippen LogP contribution in [0.25, 0.3) is 0 Å². The fourth-order valence-corrected chi connectivity index (χ4v) is 3.68. The summed E-state index contributed by atoms with van der Waals surface area (Å²) in [6.07, 6.45) is -4.87. The number of carbonyl (C=O) groups excluding carboxylic acids is 2. The number of nitrogens with zero attached hydrogens (tertiary/aromatic N) is 1. The van der Waals surface area contributed by atoms with Crippen molar-refractivity contribution in [2.45, 2.75) is 19.1 Å². The molecule has 2 aromatic rings. The maximum atomic E-state index is 13.0. The first kappa shape index (κ1) is 22.3. The van der Waals surface area contributed by atoms with E-state index in [0.29, 0.717) is 17.8 Å². The smallest absolute Gasteiger partial charge is 0.325 e. The highest BCUT2D eigenvalue weighted by molar-refractivity contribution is 6.31. The first-order valence-electron chi connectivity index (χ1n) is 9.36. The minimum atomic E-state index is -4.60. The number of hydrogen-bond acceptors (Lipinski definition) is 4. The van der Waals surface area contributed by atoms with Crippen LogP contribution in [0.15, 0.2) is 36.4 Å². The number of alkyl halides is 3. The molecule has 0 aromatic heterocycles. The van der Waals surface area contributed by atoms with Crippen LogP contribution >= 0.6 is 11.6 Å². The van der Waals surface area contributed by atoms with Crippen molar-refractivity contribution in [2.75, 3.05) is 32.0 Å². The van der Waals surface area contributed by atoms with Gasteiger partial charge in [-0.25, -0.2) is 0 Å². The summed E-state index contributed by atoms with van der Waals surface area (Å²) in [6.45, 7) is 2.29. The lowest BCUT2D eigenvalue weighted by atomic mass is 9.96. The second kappa shape index (κ2) is 9.16. The molecule has 0 unspecified atom stereocenters. The summed E-state index contributed by atoms with van der Waals surface area (Å²) in [5.41, 5.74) is 0.840. The lowest BCUT2D eigenvalue weighted by Crippen LogP contribution is -2.39. The Balaban J connectivity index is 1.75. The van der Waals surface area contributed by atoms with Crippen LogP contribution in [-0.4, -0.2) is 43.3 Å². The molecule has 2 aromatic carbocycles. The van der Waals surface area contributed by atoms with E-state index in [4.69, 9.17) is 11.6 Å². The highest BCUT2D eigenvalue weighted by atomic mass is 35.5. The van der Waals surface area contributed by atoms with Crippen LogP contribution in [0.3, 0.4) is 0 Å². The zero-order chi connectivity index (χ0) is 21.9. The fourth-order valence-electron chi connectivity index (χ4n) is 3.45. The molecule has 1 amide bonds. The van der Waals surface area contributed by atoms with Crippen LogP contribution in [-0.2, 0) is 23.9 Å². The van der Waals surface area contributed by atoms with Crippen LogP contribution in [0.5, 0.6) is 0 Å². The van der Waals surface area contributed by atoms with Gasteiger partial charge in [0.05, 0.1) is 29.2 Å². The minimum Gasteiger partial charge on any atom is -0.325 e. The Labute approximate surface area is 177 Å². The Morgan fingerprint density at radius 3 is 2.67 bits per heavy atom. The van der Waals surface area contributed by atoms with Crippen molar-refractivity contribution >= 4 is 29.0 Å². The van der Waals surface area contributed by atoms with Crippen LogP contribution in [0.1, 0.15) is 27.0 Å². The van der Waals surface area contributed by atoms with Gasteiger partial charge in [0, 0.05) is 25.2 Å². The van der Waals surface area contributed by atoms with Crippen molar-refractivity contribution in [3.05, 3.63) is 63.7 Å². The van der Waals surface area contributed by atoms with Crippen LogP contribution in [0, 0.1) is 0 Å². The molecule has 0 aliphatic carbocycles. The number of carbonyl (C=O) groups is 2. The predicted molar refractivity (Wildman–Crippen MR) is 109 cm³/mol. The molecule has 0 saturated carbocycles. The molecule has 0 saturated heterocycles. The average Bonchev–Trinajstić information content (AvgIpc) is 2.67. The van der Waals surface area contributed by atoms with Gasteiger partial charge in [0.25, 0.3) is 0 Å². The van der Waals surface area contributed by atoms with Crippen molar-refractivity contribution in [3.63, 3.8) is 0 Å². The fraction of sp³-hybridized carbons (Fsp3) is 0.333. The van der Waals surface area contributed by atoms with Gasteiger partial charge in [-0.05, 0) is 36.4 Å². The molecule has 1 aliphatic rings. The first-order chi connectivity index (χ1) is 14.2. The standard InChI is InChI=1S/C21H21ClF3N3O2/c1-26-7-8-28-11-14-3-2-4-17(20(14)18(29)12-28)27-19(30)10-13-5-6-16(22)15(9-13)21(23,24)25/h2-6,9,26H,7-8,10-12H2,1H3,(H,27,30). The Kier molecular flexibility index (Phi) is 6.80. The maximum absolute atomic E-state index is 13.0. The molecule has 0 radical (unpaired) electrons. The molecule has 2 N–H and O–H groups in total. The molecule has 9 heteroatoms. The largest absolute Gasteiger partial charge is 0.417 e. The maximum Gasteiger partial charge on any atom is 0.417 e. The van der Waals surface area contributed by atoms with E-state index in [9.17, 15) is 22.8 Å². The van der Waals surface area contributed by atoms with E-state index in [-0.39, 0.29) is 24.3 Å². The second-order valence-corrected chi connectivity index (χ2v) is 7.52. The third kappa shape index (κ3) is 5.19. The number of Topliss-reactive ketones (excluding diaryl/α,β-unsaturated/α-hetero) is 1. The van der Waals surface area contributed by atoms with Crippen molar-refractivity contribution in [1.29, 1.82) is 0 Å². The highest BCUT2D eigenvalue weighted by Gasteiger charge is 2.33. The molecule has 3 rings (SSSR count).